The molecule has 2 heterocycles. The number of para-hydroxylation sites is 1. The highest BCUT2D eigenvalue weighted by Crippen LogP contribution is 2.34. The van der Waals surface area contributed by atoms with Crippen LogP contribution in [0.4, 0.5) is 11.5 Å². The molecular weight excluding hydrogens is 310 g/mol. The minimum Gasteiger partial charge on any atom is -0.493 e. The Hall–Kier alpha value is -3.14. The highest BCUT2D eigenvalue weighted by atomic mass is 16.5. The minimum atomic E-state index is 0.746. The molecule has 25 heavy (non-hydrogen) atoms. The number of methoxy groups -OCH3 is 1. The van der Waals surface area contributed by atoms with Gasteiger partial charge in [0.2, 0.25) is 0 Å². The summed E-state index contributed by atoms with van der Waals surface area (Å²) in [6.07, 6.45) is 3.91. The van der Waals surface area contributed by atoms with Gasteiger partial charge in [-0.05, 0) is 22.7 Å². The van der Waals surface area contributed by atoms with Gasteiger partial charge in [0.15, 0.2) is 18.6 Å². The summed E-state index contributed by atoms with van der Waals surface area (Å²) in [5, 5.41) is 0. The van der Waals surface area contributed by atoms with E-state index in [1.165, 1.54) is 22.4 Å². The van der Waals surface area contributed by atoms with Crippen LogP contribution in [0.2, 0.25) is 0 Å². The monoisotopic (exact) mass is 330 g/mol. The molecule has 1 aliphatic rings. The van der Waals surface area contributed by atoms with Gasteiger partial charge in [-0.15, -0.1) is 0 Å². The second-order valence-electron chi connectivity index (χ2n) is 6.10. The summed E-state index contributed by atoms with van der Waals surface area (Å²) in [6.45, 7) is 0.746. The maximum absolute atomic E-state index is 5.20. The lowest BCUT2D eigenvalue weighted by Crippen LogP contribution is -2.33. The largest absolute Gasteiger partial charge is 0.493 e. The molecule has 3 aromatic rings. The first kappa shape index (κ1) is 15.4. The van der Waals surface area contributed by atoms with Crippen molar-refractivity contribution in [2.24, 2.45) is 0 Å². The van der Waals surface area contributed by atoms with Gasteiger partial charge >= 0.3 is 5.82 Å². The summed E-state index contributed by atoms with van der Waals surface area (Å²) in [5.41, 5.74) is 4.92. The summed E-state index contributed by atoms with van der Waals surface area (Å²) in [5.74, 6) is 1.67. The fraction of sp³-hybridized carbons (Fsp3) is 0.143. The van der Waals surface area contributed by atoms with Crippen LogP contribution in [0.3, 0.4) is 0 Å². The van der Waals surface area contributed by atoms with Gasteiger partial charge in [0.1, 0.15) is 6.21 Å². The molecule has 0 bridgehead atoms. The highest BCUT2D eigenvalue weighted by Gasteiger charge is 2.23. The van der Waals surface area contributed by atoms with Crippen LogP contribution in [-0.4, -0.2) is 36.6 Å². The molecule has 0 N–H and O–H groups in total. The Kier molecular flexibility index (Phi) is 3.94. The Balaban J connectivity index is 1.79. The number of pyridine rings is 1. The topological polar surface area (TPSA) is 28.4 Å². The summed E-state index contributed by atoms with van der Waals surface area (Å²) in [6, 6.07) is 20.9. The van der Waals surface area contributed by atoms with Crippen molar-refractivity contribution in [2.45, 2.75) is 0 Å². The number of anilines is 1. The second-order valence-corrected chi connectivity index (χ2v) is 6.10. The van der Waals surface area contributed by atoms with E-state index < -0.39 is 0 Å². The SMILES string of the molecule is COc1ccc([N+]2=Cc3cccc(-c4ccccc4)c3N(C)C2)nc1. The molecule has 0 amide bonds. The minimum absolute atomic E-state index is 0.746. The van der Waals surface area contributed by atoms with Crippen LogP contribution < -0.4 is 9.64 Å². The van der Waals surface area contributed by atoms with Crippen LogP contribution >= 0.6 is 0 Å². The normalized spacial score (nSPS) is 13.2. The fourth-order valence-corrected chi connectivity index (χ4v) is 3.25. The highest BCUT2D eigenvalue weighted by molar-refractivity contribution is 5.94. The van der Waals surface area contributed by atoms with E-state index in [1.54, 1.807) is 13.3 Å². The van der Waals surface area contributed by atoms with Crippen LogP contribution in [0.25, 0.3) is 11.1 Å². The van der Waals surface area contributed by atoms with Gasteiger partial charge in [0, 0.05) is 24.2 Å². The Morgan fingerprint density at radius 1 is 1.00 bits per heavy atom. The maximum atomic E-state index is 5.20. The number of fused-ring (bicyclic) bond motifs is 1. The van der Waals surface area contributed by atoms with Crippen LogP contribution in [0.15, 0.2) is 66.9 Å². The number of hydrogen-bond acceptors (Lipinski definition) is 3. The Morgan fingerprint density at radius 2 is 1.84 bits per heavy atom. The van der Waals surface area contributed by atoms with Crippen LogP contribution in [0, 0.1) is 0 Å². The van der Waals surface area contributed by atoms with Crippen molar-refractivity contribution in [1.29, 1.82) is 0 Å². The second kappa shape index (κ2) is 6.40. The number of benzene rings is 2. The number of hydrogen-bond donors (Lipinski definition) is 0. The molecule has 0 saturated carbocycles. The number of aromatic nitrogens is 1. The molecule has 0 unspecified atom stereocenters. The predicted octanol–water partition coefficient (Wildman–Crippen LogP) is 3.93. The van der Waals surface area contributed by atoms with Crippen LogP contribution in [0.5, 0.6) is 5.75 Å². The molecule has 124 valence electrons. The Labute approximate surface area is 147 Å². The van der Waals surface area contributed by atoms with Gasteiger partial charge in [-0.3, -0.25) is 0 Å². The van der Waals surface area contributed by atoms with Crippen molar-refractivity contribution < 1.29 is 9.31 Å². The van der Waals surface area contributed by atoms with Crippen molar-refractivity contribution in [2.75, 3.05) is 25.7 Å². The molecule has 0 radical (unpaired) electrons. The zero-order valence-electron chi connectivity index (χ0n) is 14.4. The Morgan fingerprint density at radius 3 is 2.56 bits per heavy atom. The van der Waals surface area contributed by atoms with E-state index in [2.05, 4.69) is 70.2 Å². The van der Waals surface area contributed by atoms with Gasteiger partial charge in [0.25, 0.3) is 0 Å². The van der Waals surface area contributed by atoms with E-state index in [-0.39, 0.29) is 0 Å². The van der Waals surface area contributed by atoms with Crippen LogP contribution in [-0.2, 0) is 0 Å². The first-order valence-electron chi connectivity index (χ1n) is 8.27. The van der Waals surface area contributed by atoms with Crippen molar-refractivity contribution in [3.63, 3.8) is 0 Å². The van der Waals surface area contributed by atoms with Gasteiger partial charge < -0.3 is 9.64 Å². The third-order valence-electron chi connectivity index (χ3n) is 4.44. The third-order valence-corrected chi connectivity index (χ3v) is 4.44. The lowest BCUT2D eigenvalue weighted by atomic mass is 9.99. The smallest absolute Gasteiger partial charge is 0.324 e. The van der Waals surface area contributed by atoms with Crippen molar-refractivity contribution >= 4 is 17.7 Å². The molecule has 0 saturated heterocycles. The molecule has 4 nitrogen and oxygen atoms in total. The average Bonchev–Trinajstić information content (AvgIpc) is 2.68. The maximum Gasteiger partial charge on any atom is 0.324 e. The van der Waals surface area contributed by atoms with Gasteiger partial charge in [0.05, 0.1) is 12.8 Å². The van der Waals surface area contributed by atoms with Gasteiger partial charge in [-0.2, -0.15) is 0 Å². The molecule has 1 aliphatic heterocycles. The molecular formula is C21H20N3O+. The van der Waals surface area contributed by atoms with Crippen LogP contribution in [0.1, 0.15) is 5.56 Å². The molecule has 0 aliphatic carbocycles. The first-order chi connectivity index (χ1) is 12.3. The van der Waals surface area contributed by atoms with E-state index in [4.69, 9.17) is 4.74 Å². The molecule has 0 spiro atoms. The third kappa shape index (κ3) is 2.87. The molecule has 2 aromatic carbocycles. The number of nitrogens with zero attached hydrogens (tertiary/aromatic N) is 3. The zero-order chi connectivity index (χ0) is 17.2. The standard InChI is InChI=1S/C21H20N3O/c1-23-15-24(20-12-11-18(25-2)13-22-20)14-17-9-6-10-19(21(17)23)16-7-4-3-5-8-16/h3-14H,15H2,1-2H3/q+1. The quantitative estimate of drug-likeness (QED) is 0.681. The molecule has 4 heteroatoms. The average molecular weight is 330 g/mol. The van der Waals surface area contributed by atoms with E-state index >= 15 is 0 Å². The Bertz CT molecular complexity index is 918. The summed E-state index contributed by atoms with van der Waals surface area (Å²) >= 11 is 0. The van der Waals surface area contributed by atoms with Crippen molar-refractivity contribution in [1.82, 2.24) is 4.98 Å². The number of rotatable bonds is 3. The summed E-state index contributed by atoms with van der Waals surface area (Å²) in [7, 11) is 3.77. The molecule has 0 atom stereocenters. The zero-order valence-corrected chi connectivity index (χ0v) is 14.4. The molecule has 4 rings (SSSR count). The fourth-order valence-electron chi connectivity index (χ4n) is 3.25. The predicted molar refractivity (Wildman–Crippen MR) is 101 cm³/mol. The number of ether oxygens (including phenoxy) is 1. The lowest BCUT2D eigenvalue weighted by molar-refractivity contribution is -0.439. The summed E-state index contributed by atoms with van der Waals surface area (Å²) < 4.78 is 7.35. The first-order valence-corrected chi connectivity index (χ1v) is 8.27. The van der Waals surface area contributed by atoms with E-state index in [0.29, 0.717) is 0 Å². The van der Waals surface area contributed by atoms with Crippen molar-refractivity contribution in [3.8, 4) is 16.9 Å². The van der Waals surface area contributed by atoms with Gasteiger partial charge in [-0.25, -0.2) is 4.58 Å². The molecule has 1 aromatic heterocycles. The van der Waals surface area contributed by atoms with Gasteiger partial charge in [-0.1, -0.05) is 42.5 Å². The van der Waals surface area contributed by atoms with E-state index in [9.17, 15) is 0 Å². The van der Waals surface area contributed by atoms with E-state index in [0.717, 1.165) is 18.2 Å². The summed E-state index contributed by atoms with van der Waals surface area (Å²) in [4.78, 5) is 6.77. The van der Waals surface area contributed by atoms with E-state index in [1.807, 2.05) is 18.2 Å². The molecule has 0 fully saturated rings. The lowest BCUT2D eigenvalue weighted by Gasteiger charge is -2.27. The van der Waals surface area contributed by atoms with Crippen molar-refractivity contribution in [3.05, 3.63) is 72.4 Å².